The molecule has 2 N–H and O–H groups in total. The minimum Gasteiger partial charge on any atom is -0.368 e. The molecule has 0 aliphatic carbocycles. The maximum Gasteiger partial charge on any atom is 0.132 e. The Labute approximate surface area is 83.8 Å². The third-order valence-electron chi connectivity index (χ3n) is 2.70. The van der Waals surface area contributed by atoms with Crippen molar-refractivity contribution in [1.29, 1.82) is 0 Å². The normalized spacial score (nSPS) is 24.4. The van der Waals surface area contributed by atoms with E-state index in [4.69, 9.17) is 15.5 Å². The van der Waals surface area contributed by atoms with Crippen molar-refractivity contribution in [3.63, 3.8) is 0 Å². The van der Waals surface area contributed by atoms with Crippen molar-refractivity contribution in [3.8, 4) is 0 Å². The summed E-state index contributed by atoms with van der Waals surface area (Å²) in [5.74, 6) is 5.31. The lowest BCUT2D eigenvalue weighted by atomic mass is 9.89. The van der Waals surface area contributed by atoms with Crippen molar-refractivity contribution in [1.82, 2.24) is 0 Å². The van der Waals surface area contributed by atoms with Gasteiger partial charge in [0.15, 0.2) is 0 Å². The van der Waals surface area contributed by atoms with E-state index in [-0.39, 0.29) is 11.7 Å². The van der Waals surface area contributed by atoms with Crippen molar-refractivity contribution in [2.24, 2.45) is 5.90 Å². The van der Waals surface area contributed by atoms with Crippen molar-refractivity contribution < 1.29 is 9.57 Å². The van der Waals surface area contributed by atoms with E-state index in [2.05, 4.69) is 0 Å². The fraction of sp³-hybridized carbons (Fsp3) is 0.455. The van der Waals surface area contributed by atoms with Crippen LogP contribution in [-0.4, -0.2) is 5.60 Å². The van der Waals surface area contributed by atoms with Gasteiger partial charge in [0, 0.05) is 0 Å². The van der Waals surface area contributed by atoms with E-state index in [0.29, 0.717) is 6.61 Å². The van der Waals surface area contributed by atoms with Crippen LogP contribution in [-0.2, 0) is 16.2 Å². The highest BCUT2D eigenvalue weighted by Gasteiger charge is 2.37. The van der Waals surface area contributed by atoms with Gasteiger partial charge in [-0.25, -0.2) is 5.90 Å². The molecule has 3 nitrogen and oxygen atoms in total. The predicted octanol–water partition coefficient (Wildman–Crippen LogP) is 1.93. The van der Waals surface area contributed by atoms with Crippen LogP contribution in [0.3, 0.4) is 0 Å². The van der Waals surface area contributed by atoms with Gasteiger partial charge in [-0.15, -0.1) is 0 Å². The first-order valence-corrected chi connectivity index (χ1v) is 4.72. The zero-order chi connectivity index (χ0) is 10.2. The van der Waals surface area contributed by atoms with Crippen LogP contribution in [0.4, 0.5) is 0 Å². The van der Waals surface area contributed by atoms with E-state index in [1.165, 1.54) is 0 Å². The van der Waals surface area contributed by atoms with Crippen LogP contribution in [0.5, 0.6) is 0 Å². The van der Waals surface area contributed by atoms with Gasteiger partial charge < -0.3 is 4.74 Å². The van der Waals surface area contributed by atoms with Gasteiger partial charge in [0.2, 0.25) is 0 Å². The van der Waals surface area contributed by atoms with E-state index >= 15 is 0 Å². The van der Waals surface area contributed by atoms with E-state index in [1.54, 1.807) is 0 Å². The summed E-state index contributed by atoms with van der Waals surface area (Å²) >= 11 is 0. The highest BCUT2D eigenvalue weighted by atomic mass is 16.6. The Morgan fingerprint density at radius 1 is 1.43 bits per heavy atom. The van der Waals surface area contributed by atoms with E-state index < -0.39 is 0 Å². The molecule has 1 unspecified atom stereocenters. The van der Waals surface area contributed by atoms with Crippen LogP contribution in [0, 0.1) is 0 Å². The van der Waals surface area contributed by atoms with Crippen LogP contribution in [0.1, 0.15) is 31.1 Å². The Kier molecular flexibility index (Phi) is 2.31. The first-order chi connectivity index (χ1) is 6.65. The molecule has 14 heavy (non-hydrogen) atoms. The molecule has 1 aromatic rings. The smallest absolute Gasteiger partial charge is 0.132 e. The third-order valence-corrected chi connectivity index (χ3v) is 2.70. The van der Waals surface area contributed by atoms with Gasteiger partial charge in [0.1, 0.15) is 6.10 Å². The Morgan fingerprint density at radius 3 is 2.86 bits per heavy atom. The maximum absolute atomic E-state index is 5.69. The third kappa shape index (κ3) is 1.43. The SMILES string of the molecule is CC1(C)OCc2ccccc2C1ON. The topological polar surface area (TPSA) is 44.5 Å². The Hall–Kier alpha value is -0.900. The van der Waals surface area contributed by atoms with Gasteiger partial charge in [-0.3, -0.25) is 4.84 Å². The molecule has 2 rings (SSSR count). The molecule has 0 fully saturated rings. The fourth-order valence-corrected chi connectivity index (χ4v) is 1.87. The largest absolute Gasteiger partial charge is 0.368 e. The standard InChI is InChI=1S/C11H15NO2/c1-11(2)10(14-12)9-6-4-3-5-8(9)7-13-11/h3-6,10H,7,12H2,1-2H3. The average molecular weight is 193 g/mol. The van der Waals surface area contributed by atoms with Gasteiger partial charge in [-0.2, -0.15) is 0 Å². The van der Waals surface area contributed by atoms with E-state index in [1.807, 2.05) is 38.1 Å². The van der Waals surface area contributed by atoms with Crippen molar-refractivity contribution >= 4 is 0 Å². The average Bonchev–Trinajstić information content (AvgIpc) is 2.17. The van der Waals surface area contributed by atoms with Crippen molar-refractivity contribution in [2.45, 2.75) is 32.2 Å². The summed E-state index contributed by atoms with van der Waals surface area (Å²) in [6.07, 6.45) is -0.188. The fourth-order valence-electron chi connectivity index (χ4n) is 1.87. The number of fused-ring (bicyclic) bond motifs is 1. The molecule has 76 valence electrons. The number of hydrogen-bond donors (Lipinski definition) is 1. The highest BCUT2D eigenvalue weighted by Crippen LogP contribution is 2.38. The second kappa shape index (κ2) is 3.35. The molecule has 0 aromatic heterocycles. The lowest BCUT2D eigenvalue weighted by Gasteiger charge is -2.38. The summed E-state index contributed by atoms with van der Waals surface area (Å²) < 4.78 is 5.69. The first-order valence-electron chi connectivity index (χ1n) is 4.72. The molecule has 0 bridgehead atoms. The molecule has 0 spiro atoms. The van der Waals surface area contributed by atoms with Crippen LogP contribution in [0.15, 0.2) is 24.3 Å². The Bertz CT molecular complexity index is 336. The second-order valence-corrected chi connectivity index (χ2v) is 4.11. The van der Waals surface area contributed by atoms with Gasteiger partial charge >= 0.3 is 0 Å². The molecule has 1 aliphatic heterocycles. The van der Waals surface area contributed by atoms with E-state index in [0.717, 1.165) is 11.1 Å². The van der Waals surface area contributed by atoms with Crippen molar-refractivity contribution in [2.75, 3.05) is 0 Å². The molecule has 0 saturated heterocycles. The number of nitrogens with two attached hydrogens (primary N) is 1. The summed E-state index contributed by atoms with van der Waals surface area (Å²) in [7, 11) is 0. The van der Waals surface area contributed by atoms with Crippen molar-refractivity contribution in [3.05, 3.63) is 35.4 Å². The van der Waals surface area contributed by atoms with Crippen LogP contribution in [0.2, 0.25) is 0 Å². The molecule has 1 aliphatic rings. The monoisotopic (exact) mass is 193 g/mol. The van der Waals surface area contributed by atoms with Crippen LogP contribution >= 0.6 is 0 Å². The molecule has 1 heterocycles. The maximum atomic E-state index is 5.69. The minimum atomic E-state index is -0.358. The van der Waals surface area contributed by atoms with E-state index in [9.17, 15) is 0 Å². The first kappa shape index (κ1) is 9.65. The number of rotatable bonds is 1. The van der Waals surface area contributed by atoms with Gasteiger partial charge in [-0.1, -0.05) is 24.3 Å². The second-order valence-electron chi connectivity index (χ2n) is 4.11. The number of ether oxygens (including phenoxy) is 1. The minimum absolute atomic E-state index is 0.188. The Morgan fingerprint density at radius 2 is 2.14 bits per heavy atom. The molecule has 0 radical (unpaired) electrons. The highest BCUT2D eigenvalue weighted by molar-refractivity contribution is 5.32. The van der Waals surface area contributed by atoms with Gasteiger partial charge in [-0.05, 0) is 25.0 Å². The number of hydrogen-bond acceptors (Lipinski definition) is 3. The molecular weight excluding hydrogens is 178 g/mol. The van der Waals surface area contributed by atoms with Gasteiger partial charge in [0.25, 0.3) is 0 Å². The number of benzene rings is 1. The lowest BCUT2D eigenvalue weighted by Crippen LogP contribution is -2.39. The molecule has 3 heteroatoms. The predicted molar refractivity (Wildman–Crippen MR) is 53.3 cm³/mol. The zero-order valence-electron chi connectivity index (χ0n) is 8.49. The molecule has 1 aromatic carbocycles. The molecule has 1 atom stereocenters. The molecule has 0 saturated carbocycles. The quantitative estimate of drug-likeness (QED) is 0.693. The summed E-state index contributed by atoms with van der Waals surface area (Å²) in [5.41, 5.74) is 1.93. The van der Waals surface area contributed by atoms with Gasteiger partial charge in [0.05, 0.1) is 12.2 Å². The lowest BCUT2D eigenvalue weighted by molar-refractivity contribution is -0.151. The van der Waals surface area contributed by atoms with Crippen LogP contribution < -0.4 is 5.90 Å². The Balaban J connectivity index is 2.45. The summed E-state index contributed by atoms with van der Waals surface area (Å²) in [6.45, 7) is 4.60. The summed E-state index contributed by atoms with van der Waals surface area (Å²) in [4.78, 5) is 5.01. The summed E-state index contributed by atoms with van der Waals surface area (Å²) in [5, 5.41) is 0. The zero-order valence-corrected chi connectivity index (χ0v) is 8.49. The van der Waals surface area contributed by atoms with Crippen LogP contribution in [0.25, 0.3) is 0 Å². The molecule has 0 amide bonds. The molecular formula is C11H15NO2. The summed E-state index contributed by atoms with van der Waals surface area (Å²) in [6, 6.07) is 8.06.